The van der Waals surface area contributed by atoms with Gasteiger partial charge >= 0.3 is 0 Å². The van der Waals surface area contributed by atoms with Crippen LogP contribution in [0.15, 0.2) is 53.4 Å². The first kappa shape index (κ1) is 11.1. The average molecular weight is 267 g/mol. The average Bonchev–Trinajstić information content (AvgIpc) is 2.62. The Bertz CT molecular complexity index is 667. The lowest BCUT2D eigenvalue weighted by atomic mass is 9.98. The summed E-state index contributed by atoms with van der Waals surface area (Å²) in [5.74, 6) is 1.14. The van der Waals surface area contributed by atoms with Crippen LogP contribution in [0.5, 0.6) is 0 Å². The number of thioether (sulfide) groups is 1. The zero-order chi connectivity index (χ0) is 12.8. The fourth-order valence-corrected chi connectivity index (χ4v) is 4.06. The maximum Gasteiger partial charge on any atom is 0.255 e. The molecule has 1 atom stereocenters. The molecule has 0 fully saturated rings. The van der Waals surface area contributed by atoms with E-state index in [0.29, 0.717) is 0 Å². The lowest BCUT2D eigenvalue weighted by molar-refractivity contribution is 0.0761. The molecule has 0 N–H and O–H groups in total. The molecule has 2 aromatic rings. The van der Waals surface area contributed by atoms with Crippen molar-refractivity contribution in [3.05, 3.63) is 65.2 Å². The lowest BCUT2D eigenvalue weighted by Gasteiger charge is -2.23. The lowest BCUT2D eigenvalue weighted by Crippen LogP contribution is -2.29. The predicted octanol–water partition coefficient (Wildman–Crippen LogP) is 3.34. The van der Waals surface area contributed by atoms with Crippen LogP contribution in [0.3, 0.4) is 0 Å². The van der Waals surface area contributed by atoms with E-state index >= 15 is 0 Å². The molecule has 2 nitrogen and oxygen atoms in total. The minimum absolute atomic E-state index is 0.106. The molecular weight excluding hydrogens is 254 g/mol. The van der Waals surface area contributed by atoms with Crippen molar-refractivity contribution in [2.24, 2.45) is 0 Å². The van der Waals surface area contributed by atoms with Crippen LogP contribution in [0.4, 0.5) is 0 Å². The molecule has 0 aromatic heterocycles. The minimum atomic E-state index is 0.106. The van der Waals surface area contributed by atoms with Crippen LogP contribution in [-0.4, -0.2) is 23.1 Å². The zero-order valence-corrected chi connectivity index (χ0v) is 11.2. The monoisotopic (exact) mass is 267 g/mol. The first-order chi connectivity index (χ1) is 9.36. The molecule has 0 saturated heterocycles. The highest BCUT2D eigenvalue weighted by atomic mass is 32.2. The summed E-state index contributed by atoms with van der Waals surface area (Å²) in [4.78, 5) is 15.8. The summed E-state index contributed by atoms with van der Waals surface area (Å²) >= 11 is 1.85. The van der Waals surface area contributed by atoms with Gasteiger partial charge in [-0.15, -0.1) is 11.8 Å². The van der Waals surface area contributed by atoms with Crippen LogP contribution in [0, 0.1) is 0 Å². The molecule has 0 radical (unpaired) electrons. The molecule has 0 spiro atoms. The van der Waals surface area contributed by atoms with Gasteiger partial charge in [0.1, 0.15) is 0 Å². The minimum Gasteiger partial charge on any atom is -0.327 e. The van der Waals surface area contributed by atoms with Gasteiger partial charge in [-0.05, 0) is 23.3 Å². The number of hydrogen-bond acceptors (Lipinski definition) is 2. The van der Waals surface area contributed by atoms with E-state index in [1.165, 1.54) is 10.5 Å². The fourth-order valence-electron chi connectivity index (χ4n) is 3.03. The second kappa shape index (κ2) is 4.14. The van der Waals surface area contributed by atoms with Crippen LogP contribution in [-0.2, 0) is 0 Å². The van der Waals surface area contributed by atoms with Gasteiger partial charge in [0.2, 0.25) is 0 Å². The Labute approximate surface area is 116 Å². The quantitative estimate of drug-likeness (QED) is 0.729. The van der Waals surface area contributed by atoms with E-state index in [1.54, 1.807) is 0 Å². The number of fused-ring (bicyclic) bond motifs is 5. The van der Waals surface area contributed by atoms with Crippen molar-refractivity contribution in [2.75, 3.05) is 12.3 Å². The van der Waals surface area contributed by atoms with Crippen LogP contribution in [0.25, 0.3) is 0 Å². The van der Waals surface area contributed by atoms with Crippen LogP contribution in [0.1, 0.15) is 27.5 Å². The van der Waals surface area contributed by atoms with Crippen LogP contribution in [0.2, 0.25) is 0 Å². The number of nitrogens with zero attached hydrogens (tertiary/aromatic N) is 1. The molecule has 94 valence electrons. The number of carbonyl (C=O) groups is 1. The van der Waals surface area contributed by atoms with Gasteiger partial charge in [-0.3, -0.25) is 4.79 Å². The standard InChI is InChI=1S/C16H13NOS/c18-16-12-6-2-1-5-11(12)15-13-7-3-4-8-14(13)19-10-9-17(15)16/h1-8,15H,9-10H2. The Morgan fingerprint density at radius 3 is 2.63 bits per heavy atom. The molecule has 4 rings (SSSR count). The van der Waals surface area contributed by atoms with Crippen LogP contribution < -0.4 is 0 Å². The summed E-state index contributed by atoms with van der Waals surface area (Å²) in [6.45, 7) is 0.817. The van der Waals surface area contributed by atoms with E-state index in [-0.39, 0.29) is 11.9 Å². The van der Waals surface area contributed by atoms with Gasteiger partial charge in [0, 0.05) is 22.8 Å². The summed E-state index contributed by atoms with van der Waals surface area (Å²) < 4.78 is 0. The Morgan fingerprint density at radius 2 is 1.74 bits per heavy atom. The molecule has 0 aliphatic carbocycles. The molecule has 0 bridgehead atoms. The number of benzene rings is 2. The largest absolute Gasteiger partial charge is 0.327 e. The Kier molecular flexibility index (Phi) is 2.42. The molecule has 1 amide bonds. The molecule has 0 saturated carbocycles. The van der Waals surface area contributed by atoms with Gasteiger partial charge in [0.25, 0.3) is 5.91 Å². The maximum absolute atomic E-state index is 12.5. The van der Waals surface area contributed by atoms with Gasteiger partial charge in [-0.25, -0.2) is 0 Å². The highest BCUT2D eigenvalue weighted by molar-refractivity contribution is 7.99. The highest BCUT2D eigenvalue weighted by Gasteiger charge is 2.39. The van der Waals surface area contributed by atoms with Gasteiger partial charge in [0.05, 0.1) is 6.04 Å². The molecule has 2 heterocycles. The van der Waals surface area contributed by atoms with E-state index < -0.39 is 0 Å². The topological polar surface area (TPSA) is 20.3 Å². The Hall–Kier alpha value is -1.74. The van der Waals surface area contributed by atoms with Gasteiger partial charge in [-0.1, -0.05) is 36.4 Å². The van der Waals surface area contributed by atoms with Crippen molar-refractivity contribution in [2.45, 2.75) is 10.9 Å². The number of hydrogen-bond donors (Lipinski definition) is 0. The van der Waals surface area contributed by atoms with Crippen LogP contribution >= 0.6 is 11.8 Å². The van der Waals surface area contributed by atoms with E-state index in [9.17, 15) is 4.79 Å². The number of carbonyl (C=O) groups excluding carboxylic acids is 1. The Balaban J connectivity index is 1.97. The first-order valence-corrected chi connectivity index (χ1v) is 7.46. The van der Waals surface area contributed by atoms with Crippen molar-refractivity contribution < 1.29 is 4.79 Å². The SMILES string of the molecule is O=C1c2ccccc2C2c3ccccc3SCCN12. The molecule has 3 heteroatoms. The van der Waals surface area contributed by atoms with E-state index in [2.05, 4.69) is 30.3 Å². The van der Waals surface area contributed by atoms with Gasteiger partial charge in [-0.2, -0.15) is 0 Å². The fraction of sp³-hybridized carbons (Fsp3) is 0.188. The second-order valence-electron chi connectivity index (χ2n) is 4.87. The summed E-state index contributed by atoms with van der Waals surface area (Å²) in [6, 6.07) is 16.6. The number of rotatable bonds is 0. The van der Waals surface area contributed by atoms with Crippen molar-refractivity contribution in [3.8, 4) is 0 Å². The summed E-state index contributed by atoms with van der Waals surface area (Å²) in [5.41, 5.74) is 3.29. The van der Waals surface area contributed by atoms with Crippen molar-refractivity contribution in [3.63, 3.8) is 0 Å². The molecule has 2 aliphatic heterocycles. The first-order valence-electron chi connectivity index (χ1n) is 6.48. The molecule has 1 unspecified atom stereocenters. The highest BCUT2D eigenvalue weighted by Crippen LogP contribution is 2.43. The third kappa shape index (κ3) is 1.55. The molecule has 2 aromatic carbocycles. The van der Waals surface area contributed by atoms with E-state index in [4.69, 9.17) is 0 Å². The normalized spacial score (nSPS) is 20.5. The predicted molar refractivity (Wildman–Crippen MR) is 76.5 cm³/mol. The second-order valence-corrected chi connectivity index (χ2v) is 6.01. The summed E-state index contributed by atoms with van der Waals surface area (Å²) in [6.07, 6.45) is 0. The smallest absolute Gasteiger partial charge is 0.255 e. The molecular formula is C16H13NOS. The molecule has 2 aliphatic rings. The van der Waals surface area contributed by atoms with Crippen molar-refractivity contribution in [1.82, 2.24) is 4.90 Å². The van der Waals surface area contributed by atoms with Crippen molar-refractivity contribution in [1.29, 1.82) is 0 Å². The summed E-state index contributed by atoms with van der Waals surface area (Å²) in [5, 5.41) is 0. The van der Waals surface area contributed by atoms with E-state index in [0.717, 1.165) is 23.4 Å². The summed E-state index contributed by atoms with van der Waals surface area (Å²) in [7, 11) is 0. The third-order valence-electron chi connectivity index (χ3n) is 3.86. The Morgan fingerprint density at radius 1 is 1.00 bits per heavy atom. The van der Waals surface area contributed by atoms with Gasteiger partial charge in [0.15, 0.2) is 0 Å². The maximum atomic E-state index is 12.5. The zero-order valence-electron chi connectivity index (χ0n) is 10.4. The molecule has 19 heavy (non-hydrogen) atoms. The third-order valence-corrected chi connectivity index (χ3v) is 4.93. The number of amides is 1. The van der Waals surface area contributed by atoms with Gasteiger partial charge < -0.3 is 4.90 Å². The van der Waals surface area contributed by atoms with E-state index in [1.807, 2.05) is 34.9 Å². The van der Waals surface area contributed by atoms with Crippen molar-refractivity contribution >= 4 is 17.7 Å².